The Morgan fingerprint density at radius 2 is 1.74 bits per heavy atom. The standard InChI is InChI=1S/C15H16Cl2N6/c1-14-5-3-4-6-15(14,2)23(10-9(14)7-18-8-19-10)13-21-11(16)20-12(17)22-13/h7-8H,3-6H2,1-2H3. The number of nitrogens with zero attached hydrogens (tertiary/aromatic N) is 6. The summed E-state index contributed by atoms with van der Waals surface area (Å²) in [6.07, 6.45) is 7.90. The van der Waals surface area contributed by atoms with Crippen molar-refractivity contribution in [1.29, 1.82) is 0 Å². The quantitative estimate of drug-likeness (QED) is 0.780. The molecule has 4 rings (SSSR count). The Morgan fingerprint density at radius 1 is 1.04 bits per heavy atom. The molecule has 0 aromatic carbocycles. The smallest absolute Gasteiger partial charge is 0.237 e. The van der Waals surface area contributed by atoms with Crippen LogP contribution >= 0.6 is 23.2 Å². The van der Waals surface area contributed by atoms with Crippen molar-refractivity contribution in [3.05, 3.63) is 28.7 Å². The highest BCUT2D eigenvalue weighted by molar-refractivity contribution is 6.31. The Hall–Kier alpha value is -1.53. The Bertz CT molecular complexity index is 764. The predicted molar refractivity (Wildman–Crippen MR) is 88.2 cm³/mol. The van der Waals surface area contributed by atoms with E-state index in [1.165, 1.54) is 6.42 Å². The first-order chi connectivity index (χ1) is 11.0. The van der Waals surface area contributed by atoms with Gasteiger partial charge in [0.1, 0.15) is 12.1 Å². The Morgan fingerprint density at radius 3 is 2.48 bits per heavy atom. The third-order valence-electron chi connectivity index (χ3n) is 5.54. The molecule has 0 bridgehead atoms. The van der Waals surface area contributed by atoms with Gasteiger partial charge in [0.15, 0.2) is 0 Å². The highest BCUT2D eigenvalue weighted by Gasteiger charge is 2.59. The number of fused-ring (bicyclic) bond motifs is 3. The third kappa shape index (κ3) is 1.97. The summed E-state index contributed by atoms with van der Waals surface area (Å²) in [5.74, 6) is 1.29. The molecule has 2 aliphatic rings. The van der Waals surface area contributed by atoms with E-state index in [1.807, 2.05) is 6.20 Å². The summed E-state index contributed by atoms with van der Waals surface area (Å²) < 4.78 is 0. The highest BCUT2D eigenvalue weighted by atomic mass is 35.5. The second-order valence-corrected chi connectivity index (χ2v) is 7.26. The number of hydrogen-bond donors (Lipinski definition) is 0. The summed E-state index contributed by atoms with van der Waals surface area (Å²) in [7, 11) is 0. The lowest BCUT2D eigenvalue weighted by Gasteiger charge is -2.48. The number of anilines is 2. The topological polar surface area (TPSA) is 67.7 Å². The maximum Gasteiger partial charge on any atom is 0.237 e. The Balaban J connectivity index is 1.98. The van der Waals surface area contributed by atoms with Gasteiger partial charge >= 0.3 is 0 Å². The minimum absolute atomic E-state index is 0.0621. The van der Waals surface area contributed by atoms with Gasteiger partial charge in [-0.15, -0.1) is 0 Å². The molecule has 0 spiro atoms. The van der Waals surface area contributed by atoms with E-state index in [1.54, 1.807) is 6.33 Å². The van der Waals surface area contributed by atoms with Crippen molar-refractivity contribution in [2.24, 2.45) is 0 Å². The number of halogens is 2. The van der Waals surface area contributed by atoms with Gasteiger partial charge in [-0.25, -0.2) is 9.97 Å². The lowest BCUT2D eigenvalue weighted by molar-refractivity contribution is 0.193. The van der Waals surface area contributed by atoms with Crippen LogP contribution in [0.2, 0.25) is 10.6 Å². The molecular weight excluding hydrogens is 335 g/mol. The van der Waals surface area contributed by atoms with Crippen LogP contribution in [0.1, 0.15) is 45.1 Å². The largest absolute Gasteiger partial charge is 0.288 e. The molecule has 8 heteroatoms. The SMILES string of the molecule is CC12CCCCC1(C)N(c1nc(Cl)nc(Cl)n1)c1ncncc12. The van der Waals surface area contributed by atoms with Gasteiger partial charge in [0.05, 0.1) is 5.54 Å². The predicted octanol–water partition coefficient (Wildman–Crippen LogP) is 3.71. The molecule has 23 heavy (non-hydrogen) atoms. The van der Waals surface area contributed by atoms with Crippen molar-refractivity contribution in [3.63, 3.8) is 0 Å². The second kappa shape index (κ2) is 4.98. The van der Waals surface area contributed by atoms with Crippen molar-refractivity contribution in [3.8, 4) is 0 Å². The van der Waals surface area contributed by atoms with E-state index in [2.05, 4.69) is 43.7 Å². The first-order valence-corrected chi connectivity index (χ1v) is 8.39. The van der Waals surface area contributed by atoms with Crippen LogP contribution in [-0.2, 0) is 5.41 Å². The Labute approximate surface area is 144 Å². The van der Waals surface area contributed by atoms with E-state index in [-0.39, 0.29) is 21.5 Å². The third-order valence-corrected chi connectivity index (χ3v) is 5.88. The first-order valence-electron chi connectivity index (χ1n) is 7.63. The molecule has 0 N–H and O–H groups in total. The lowest BCUT2D eigenvalue weighted by atomic mass is 9.62. The van der Waals surface area contributed by atoms with Crippen LogP contribution in [0.3, 0.4) is 0 Å². The van der Waals surface area contributed by atoms with Crippen LogP contribution < -0.4 is 4.90 Å². The van der Waals surface area contributed by atoms with Crippen molar-refractivity contribution < 1.29 is 0 Å². The van der Waals surface area contributed by atoms with Gasteiger partial charge in [0.2, 0.25) is 16.5 Å². The van der Waals surface area contributed by atoms with Gasteiger partial charge in [-0.1, -0.05) is 19.8 Å². The monoisotopic (exact) mass is 350 g/mol. The first kappa shape index (κ1) is 15.0. The summed E-state index contributed by atoms with van der Waals surface area (Å²) in [5.41, 5.74) is 0.875. The highest BCUT2D eigenvalue weighted by Crippen LogP contribution is 2.59. The van der Waals surface area contributed by atoms with E-state index in [4.69, 9.17) is 23.2 Å². The summed E-state index contributed by atoms with van der Waals surface area (Å²) >= 11 is 12.0. The molecule has 1 saturated carbocycles. The number of aromatic nitrogens is 5. The fraction of sp³-hybridized carbons (Fsp3) is 0.533. The second-order valence-electron chi connectivity index (χ2n) is 6.58. The van der Waals surface area contributed by atoms with Crippen molar-refractivity contribution >= 4 is 35.0 Å². The molecule has 0 radical (unpaired) electrons. The molecule has 0 amide bonds. The maximum atomic E-state index is 6.00. The molecule has 0 saturated heterocycles. The fourth-order valence-corrected chi connectivity index (χ4v) is 4.49. The zero-order valence-electron chi connectivity index (χ0n) is 12.9. The summed E-state index contributed by atoms with van der Waals surface area (Å²) in [6, 6.07) is 0. The van der Waals surface area contributed by atoms with Gasteiger partial charge in [-0.05, 0) is 43.0 Å². The minimum atomic E-state index is -0.197. The fourth-order valence-electron chi connectivity index (χ4n) is 4.13. The molecular formula is C15H16Cl2N6. The Kier molecular flexibility index (Phi) is 3.25. The van der Waals surface area contributed by atoms with E-state index in [0.29, 0.717) is 5.95 Å². The average Bonchev–Trinajstić information content (AvgIpc) is 2.71. The molecule has 1 aliphatic carbocycles. The number of rotatable bonds is 1. The molecule has 2 unspecified atom stereocenters. The van der Waals surface area contributed by atoms with Gasteiger partial charge in [0, 0.05) is 17.2 Å². The van der Waals surface area contributed by atoms with Crippen LogP contribution in [0.25, 0.3) is 0 Å². The van der Waals surface area contributed by atoms with Crippen LogP contribution in [0.5, 0.6) is 0 Å². The zero-order valence-corrected chi connectivity index (χ0v) is 14.4. The van der Waals surface area contributed by atoms with Crippen LogP contribution in [0.4, 0.5) is 11.8 Å². The molecule has 120 valence electrons. The van der Waals surface area contributed by atoms with E-state index in [0.717, 1.165) is 30.6 Å². The molecule has 2 aromatic rings. The van der Waals surface area contributed by atoms with Gasteiger partial charge in [-0.3, -0.25) is 4.90 Å². The maximum absolute atomic E-state index is 6.00. The van der Waals surface area contributed by atoms with Crippen LogP contribution in [-0.4, -0.2) is 30.5 Å². The summed E-state index contributed by atoms with van der Waals surface area (Å²) in [5, 5.41) is 0.173. The normalized spacial score (nSPS) is 29.3. The van der Waals surface area contributed by atoms with Gasteiger partial charge in [-0.2, -0.15) is 15.0 Å². The van der Waals surface area contributed by atoms with E-state index in [9.17, 15) is 0 Å². The minimum Gasteiger partial charge on any atom is -0.288 e. The molecule has 2 aromatic heterocycles. The molecule has 2 atom stereocenters. The lowest BCUT2D eigenvalue weighted by Crippen LogP contribution is -2.55. The average molecular weight is 351 g/mol. The van der Waals surface area contributed by atoms with Gasteiger partial charge < -0.3 is 0 Å². The summed E-state index contributed by atoms with van der Waals surface area (Å²) in [4.78, 5) is 23.3. The molecule has 1 aliphatic heterocycles. The van der Waals surface area contributed by atoms with Crippen molar-refractivity contribution in [2.45, 2.75) is 50.5 Å². The summed E-state index contributed by atoms with van der Waals surface area (Å²) in [6.45, 7) is 4.51. The number of hydrogen-bond acceptors (Lipinski definition) is 6. The van der Waals surface area contributed by atoms with Crippen LogP contribution in [0, 0.1) is 0 Å². The van der Waals surface area contributed by atoms with Crippen LogP contribution in [0.15, 0.2) is 12.5 Å². The van der Waals surface area contributed by atoms with E-state index >= 15 is 0 Å². The molecule has 3 heterocycles. The van der Waals surface area contributed by atoms with Crippen molar-refractivity contribution in [1.82, 2.24) is 24.9 Å². The zero-order chi connectivity index (χ0) is 16.2. The molecule has 6 nitrogen and oxygen atoms in total. The van der Waals surface area contributed by atoms with Crippen molar-refractivity contribution in [2.75, 3.05) is 4.90 Å². The van der Waals surface area contributed by atoms with E-state index < -0.39 is 0 Å². The van der Waals surface area contributed by atoms with Gasteiger partial charge in [0.25, 0.3) is 0 Å². The molecule has 1 fully saturated rings.